The van der Waals surface area contributed by atoms with Crippen LogP contribution in [0.1, 0.15) is 16.1 Å². The Bertz CT molecular complexity index is 411. The molecule has 3 nitrogen and oxygen atoms in total. The van der Waals surface area contributed by atoms with Crippen LogP contribution >= 0.6 is 38.5 Å². The number of halogens is 5. The van der Waals surface area contributed by atoms with Gasteiger partial charge < -0.3 is 4.74 Å². The molecule has 1 rings (SSSR count). The van der Waals surface area contributed by atoms with Crippen LogP contribution in [-0.4, -0.2) is 17.6 Å². The average molecular weight is 410 g/mol. The number of pyridine rings is 1. The van der Waals surface area contributed by atoms with Gasteiger partial charge in [-0.2, -0.15) is 0 Å². The number of carbonyl (C=O) groups is 1. The first kappa shape index (κ1) is 13.7. The lowest BCUT2D eigenvalue weighted by Gasteiger charge is -2.13. The van der Waals surface area contributed by atoms with E-state index in [2.05, 4.69) is 25.7 Å². The van der Waals surface area contributed by atoms with E-state index in [-0.39, 0.29) is 16.6 Å². The van der Waals surface area contributed by atoms with Gasteiger partial charge >= 0.3 is 6.36 Å². The van der Waals surface area contributed by atoms with Crippen LogP contribution in [0.3, 0.4) is 0 Å². The van der Waals surface area contributed by atoms with Crippen LogP contribution in [0.2, 0.25) is 0 Å². The monoisotopic (exact) mass is 409 g/mol. The Morgan fingerprint density at radius 3 is 2.62 bits per heavy atom. The average Bonchev–Trinajstić information content (AvgIpc) is 2.14. The van der Waals surface area contributed by atoms with Gasteiger partial charge in [0.2, 0.25) is 0 Å². The quantitative estimate of drug-likeness (QED) is 0.333. The molecule has 0 saturated carbocycles. The van der Waals surface area contributed by atoms with E-state index in [0.717, 1.165) is 6.07 Å². The van der Waals surface area contributed by atoms with Gasteiger partial charge in [-0.25, -0.2) is 4.98 Å². The summed E-state index contributed by atoms with van der Waals surface area (Å²) in [6.45, 7) is 0. The van der Waals surface area contributed by atoms with E-state index in [1.54, 1.807) is 22.6 Å². The molecule has 0 fully saturated rings. The number of alkyl halides is 4. The lowest BCUT2D eigenvalue weighted by Crippen LogP contribution is -2.19. The number of carbonyl (C=O) groups excluding carboxylic acids is 1. The summed E-state index contributed by atoms with van der Waals surface area (Å²) in [6.07, 6.45) is -4.43. The zero-order valence-corrected chi connectivity index (χ0v) is 11.3. The highest BCUT2D eigenvalue weighted by Gasteiger charge is 2.32. The van der Waals surface area contributed by atoms with Crippen LogP contribution in [0.15, 0.2) is 6.07 Å². The topological polar surface area (TPSA) is 39.2 Å². The number of hydrogen-bond acceptors (Lipinski definition) is 3. The summed E-state index contributed by atoms with van der Waals surface area (Å²) in [5, 5.41) is 0.156. The smallest absolute Gasteiger partial charge is 0.405 e. The van der Waals surface area contributed by atoms with Crippen molar-refractivity contribution >= 4 is 44.8 Å². The zero-order valence-electron chi connectivity index (χ0n) is 7.52. The Labute approximate surface area is 111 Å². The van der Waals surface area contributed by atoms with E-state index in [0.29, 0.717) is 9.99 Å². The number of aromatic nitrogens is 1. The van der Waals surface area contributed by atoms with Crippen molar-refractivity contribution in [3.05, 3.63) is 21.0 Å². The third kappa shape index (κ3) is 3.58. The van der Waals surface area contributed by atoms with E-state index in [4.69, 9.17) is 0 Å². The van der Waals surface area contributed by atoms with Crippen molar-refractivity contribution in [3.63, 3.8) is 0 Å². The summed E-state index contributed by atoms with van der Waals surface area (Å²) in [4.78, 5) is 14.3. The maximum atomic E-state index is 12.1. The second kappa shape index (κ2) is 5.30. The predicted molar refractivity (Wildman–Crippen MR) is 61.7 cm³/mol. The Morgan fingerprint density at radius 1 is 1.56 bits per heavy atom. The summed E-state index contributed by atoms with van der Waals surface area (Å²) in [6, 6.07) is 0.958. The zero-order chi connectivity index (χ0) is 12.3. The summed E-state index contributed by atoms with van der Waals surface area (Å²) >= 11 is 4.77. The first-order chi connectivity index (χ1) is 7.37. The lowest BCUT2D eigenvalue weighted by atomic mass is 10.2. The van der Waals surface area contributed by atoms with E-state index >= 15 is 0 Å². The summed E-state index contributed by atoms with van der Waals surface area (Å²) < 4.78 is 40.3. The molecule has 0 aliphatic carbocycles. The highest BCUT2D eigenvalue weighted by molar-refractivity contribution is 14.1. The van der Waals surface area contributed by atoms with Gasteiger partial charge in [-0.05, 0) is 22.6 Å². The molecule has 1 heterocycles. The molecule has 88 valence electrons. The van der Waals surface area contributed by atoms with Gasteiger partial charge in [0.05, 0.1) is 0 Å². The second-order valence-corrected chi connectivity index (χ2v) is 4.20. The number of aldehydes is 1. The van der Waals surface area contributed by atoms with Crippen molar-refractivity contribution in [2.24, 2.45) is 0 Å². The molecule has 0 radical (unpaired) electrons. The van der Waals surface area contributed by atoms with Gasteiger partial charge in [-0.1, -0.05) is 15.9 Å². The van der Waals surface area contributed by atoms with Crippen LogP contribution in [0.5, 0.6) is 5.75 Å². The Balaban J connectivity index is 3.23. The first-order valence-electron chi connectivity index (χ1n) is 3.83. The lowest BCUT2D eigenvalue weighted by molar-refractivity contribution is -0.274. The fraction of sp³-hybridized carbons (Fsp3) is 0.250. The summed E-state index contributed by atoms with van der Waals surface area (Å²) in [5.41, 5.74) is 0.150. The molecule has 1 aromatic rings. The Kier molecular flexibility index (Phi) is 4.53. The fourth-order valence-electron chi connectivity index (χ4n) is 0.933. The van der Waals surface area contributed by atoms with Crippen molar-refractivity contribution in [2.45, 2.75) is 11.7 Å². The number of nitrogens with zero attached hydrogens (tertiary/aromatic N) is 1. The number of hydrogen-bond donors (Lipinski definition) is 0. The molecule has 0 aliphatic heterocycles. The molecule has 0 spiro atoms. The highest BCUT2D eigenvalue weighted by Crippen LogP contribution is 2.30. The maximum absolute atomic E-state index is 12.1. The third-order valence-electron chi connectivity index (χ3n) is 1.53. The predicted octanol–water partition coefficient (Wildman–Crippen LogP) is 3.29. The van der Waals surface area contributed by atoms with Crippen molar-refractivity contribution in [1.29, 1.82) is 0 Å². The van der Waals surface area contributed by atoms with E-state index in [9.17, 15) is 18.0 Å². The standard InChI is InChI=1S/C8H4BrF3INO2/c9-2-5-6(16-8(10,11)12)1-4(3-15)14-7(5)13/h1,3H,2H2. The molecule has 16 heavy (non-hydrogen) atoms. The number of rotatable bonds is 3. The first-order valence-corrected chi connectivity index (χ1v) is 6.03. The molecule has 0 unspecified atom stereocenters. The molecule has 0 amide bonds. The molecule has 0 aliphatic rings. The molecular formula is C8H4BrF3INO2. The normalized spacial score (nSPS) is 11.3. The highest BCUT2D eigenvalue weighted by atomic mass is 127. The minimum absolute atomic E-state index is 0.103. The molecule has 1 aromatic heterocycles. The van der Waals surface area contributed by atoms with E-state index < -0.39 is 12.1 Å². The van der Waals surface area contributed by atoms with Crippen LogP contribution in [0, 0.1) is 3.70 Å². The Morgan fingerprint density at radius 2 is 2.19 bits per heavy atom. The fourth-order valence-corrected chi connectivity index (χ4v) is 2.73. The van der Waals surface area contributed by atoms with Gasteiger partial charge in [0, 0.05) is 17.0 Å². The molecule has 0 saturated heterocycles. The molecule has 8 heteroatoms. The van der Waals surface area contributed by atoms with Crippen LogP contribution in [0.25, 0.3) is 0 Å². The molecule has 0 aromatic carbocycles. The van der Waals surface area contributed by atoms with Crippen molar-refractivity contribution < 1.29 is 22.7 Å². The summed E-state index contributed by atoms with van der Waals surface area (Å²) in [7, 11) is 0. The van der Waals surface area contributed by atoms with E-state index in [1.807, 2.05) is 0 Å². The summed E-state index contributed by atoms with van der Waals surface area (Å²) in [5.74, 6) is -0.411. The SMILES string of the molecule is O=Cc1cc(OC(F)(F)F)c(CBr)c(I)n1. The van der Waals surface area contributed by atoms with Gasteiger partial charge in [-0.3, -0.25) is 4.79 Å². The van der Waals surface area contributed by atoms with Gasteiger partial charge in [-0.15, -0.1) is 13.2 Å². The minimum atomic E-state index is -4.79. The van der Waals surface area contributed by atoms with Crippen molar-refractivity contribution in [2.75, 3.05) is 0 Å². The third-order valence-corrected chi connectivity index (χ3v) is 2.99. The van der Waals surface area contributed by atoms with Gasteiger partial charge in [0.15, 0.2) is 6.29 Å². The second-order valence-electron chi connectivity index (χ2n) is 2.61. The number of ether oxygens (including phenoxy) is 1. The van der Waals surface area contributed by atoms with Crippen molar-refractivity contribution in [1.82, 2.24) is 4.98 Å². The minimum Gasteiger partial charge on any atom is -0.405 e. The van der Waals surface area contributed by atoms with Crippen LogP contribution in [-0.2, 0) is 5.33 Å². The van der Waals surface area contributed by atoms with Gasteiger partial charge in [0.25, 0.3) is 0 Å². The maximum Gasteiger partial charge on any atom is 0.573 e. The van der Waals surface area contributed by atoms with Crippen molar-refractivity contribution in [3.8, 4) is 5.75 Å². The van der Waals surface area contributed by atoms with Crippen LogP contribution < -0.4 is 4.74 Å². The van der Waals surface area contributed by atoms with Gasteiger partial charge in [0.1, 0.15) is 15.1 Å². The van der Waals surface area contributed by atoms with E-state index in [1.165, 1.54) is 0 Å². The molecule has 0 bridgehead atoms. The molecule has 0 N–H and O–H groups in total. The van der Waals surface area contributed by atoms with Crippen LogP contribution in [0.4, 0.5) is 13.2 Å². The molecule has 0 atom stereocenters. The largest absolute Gasteiger partial charge is 0.573 e. The Hall–Kier alpha value is -0.380. The molecular weight excluding hydrogens is 406 g/mol.